The number of hydrogen-bond donors (Lipinski definition) is 2. The minimum Gasteiger partial charge on any atom is -0.397 e. The lowest BCUT2D eigenvalue weighted by atomic mass is 10.1. The SMILES string of the molecule is CCc1ccc(CNc2cc(F)ccc2N)cc1. The van der Waals surface area contributed by atoms with Gasteiger partial charge in [0.2, 0.25) is 0 Å². The summed E-state index contributed by atoms with van der Waals surface area (Å²) in [6, 6.07) is 12.7. The van der Waals surface area contributed by atoms with Crippen molar-refractivity contribution in [3.8, 4) is 0 Å². The van der Waals surface area contributed by atoms with E-state index in [1.54, 1.807) is 6.07 Å². The van der Waals surface area contributed by atoms with E-state index < -0.39 is 0 Å². The zero-order valence-corrected chi connectivity index (χ0v) is 10.4. The van der Waals surface area contributed by atoms with E-state index in [2.05, 4.69) is 36.5 Å². The number of halogens is 1. The van der Waals surface area contributed by atoms with Gasteiger partial charge in [0.05, 0.1) is 11.4 Å². The number of aryl methyl sites for hydroxylation is 1. The Bertz CT molecular complexity index is 521. The van der Waals surface area contributed by atoms with E-state index >= 15 is 0 Å². The predicted molar refractivity (Wildman–Crippen MR) is 74.0 cm³/mol. The molecule has 0 atom stereocenters. The van der Waals surface area contributed by atoms with Gasteiger partial charge in [0.15, 0.2) is 0 Å². The maximum absolute atomic E-state index is 13.1. The highest BCUT2D eigenvalue weighted by molar-refractivity contribution is 5.65. The molecule has 0 saturated carbocycles. The highest BCUT2D eigenvalue weighted by Crippen LogP contribution is 2.20. The lowest BCUT2D eigenvalue weighted by molar-refractivity contribution is 0.628. The zero-order valence-electron chi connectivity index (χ0n) is 10.4. The van der Waals surface area contributed by atoms with Gasteiger partial charge < -0.3 is 11.1 Å². The number of benzene rings is 2. The molecule has 0 fully saturated rings. The van der Waals surface area contributed by atoms with E-state index in [1.807, 2.05) is 0 Å². The van der Waals surface area contributed by atoms with Crippen LogP contribution in [0.15, 0.2) is 42.5 Å². The molecule has 2 rings (SSSR count). The monoisotopic (exact) mass is 244 g/mol. The molecule has 0 saturated heterocycles. The van der Waals surface area contributed by atoms with Crippen molar-refractivity contribution in [2.45, 2.75) is 19.9 Å². The lowest BCUT2D eigenvalue weighted by Crippen LogP contribution is -2.03. The van der Waals surface area contributed by atoms with Crippen molar-refractivity contribution in [2.75, 3.05) is 11.1 Å². The molecule has 0 aromatic heterocycles. The Balaban J connectivity index is 2.04. The summed E-state index contributed by atoms with van der Waals surface area (Å²) >= 11 is 0. The van der Waals surface area contributed by atoms with E-state index in [-0.39, 0.29) is 5.82 Å². The number of rotatable bonds is 4. The van der Waals surface area contributed by atoms with Gasteiger partial charge in [0.25, 0.3) is 0 Å². The summed E-state index contributed by atoms with van der Waals surface area (Å²) < 4.78 is 13.1. The smallest absolute Gasteiger partial charge is 0.125 e. The van der Waals surface area contributed by atoms with Crippen molar-refractivity contribution in [3.05, 3.63) is 59.4 Å². The van der Waals surface area contributed by atoms with Crippen molar-refractivity contribution in [3.63, 3.8) is 0 Å². The fourth-order valence-corrected chi connectivity index (χ4v) is 1.77. The molecule has 0 unspecified atom stereocenters. The summed E-state index contributed by atoms with van der Waals surface area (Å²) in [7, 11) is 0. The maximum Gasteiger partial charge on any atom is 0.125 e. The Kier molecular flexibility index (Phi) is 3.82. The molecule has 0 heterocycles. The van der Waals surface area contributed by atoms with Gasteiger partial charge in [0.1, 0.15) is 5.82 Å². The van der Waals surface area contributed by atoms with Crippen LogP contribution in [0.5, 0.6) is 0 Å². The minimum absolute atomic E-state index is 0.284. The lowest BCUT2D eigenvalue weighted by Gasteiger charge is -2.09. The second kappa shape index (κ2) is 5.54. The third kappa shape index (κ3) is 3.00. The molecule has 3 N–H and O–H groups in total. The molecule has 2 nitrogen and oxygen atoms in total. The fourth-order valence-electron chi connectivity index (χ4n) is 1.77. The summed E-state index contributed by atoms with van der Waals surface area (Å²) in [4.78, 5) is 0. The van der Waals surface area contributed by atoms with Gasteiger partial charge in [-0.1, -0.05) is 31.2 Å². The van der Waals surface area contributed by atoms with E-state index in [0.29, 0.717) is 17.9 Å². The molecule has 0 aliphatic carbocycles. The average molecular weight is 244 g/mol. The van der Waals surface area contributed by atoms with Crippen LogP contribution in [0.25, 0.3) is 0 Å². The van der Waals surface area contributed by atoms with Crippen LogP contribution in [0.1, 0.15) is 18.1 Å². The van der Waals surface area contributed by atoms with Gasteiger partial charge in [-0.3, -0.25) is 0 Å². The Hall–Kier alpha value is -2.03. The Morgan fingerprint density at radius 1 is 1.06 bits per heavy atom. The first-order chi connectivity index (χ1) is 8.69. The minimum atomic E-state index is -0.284. The normalized spacial score (nSPS) is 10.3. The summed E-state index contributed by atoms with van der Waals surface area (Å²) in [5.41, 5.74) is 9.42. The molecule has 0 aliphatic rings. The maximum atomic E-state index is 13.1. The van der Waals surface area contributed by atoms with E-state index in [9.17, 15) is 4.39 Å². The van der Waals surface area contributed by atoms with Crippen LogP contribution in [-0.4, -0.2) is 0 Å². The molecular formula is C15H17FN2. The van der Waals surface area contributed by atoms with Gasteiger partial charge >= 0.3 is 0 Å². The Morgan fingerprint density at radius 2 is 1.72 bits per heavy atom. The van der Waals surface area contributed by atoms with Gasteiger partial charge in [-0.2, -0.15) is 0 Å². The second-order valence-corrected chi connectivity index (χ2v) is 4.26. The van der Waals surface area contributed by atoms with E-state index in [1.165, 1.54) is 17.7 Å². The summed E-state index contributed by atoms with van der Waals surface area (Å²) in [6.45, 7) is 2.76. The summed E-state index contributed by atoms with van der Waals surface area (Å²) in [5.74, 6) is -0.284. The molecule has 3 heteroatoms. The standard InChI is InChI=1S/C15H17FN2/c1-2-11-3-5-12(6-4-11)10-18-15-9-13(16)7-8-14(15)17/h3-9,18H,2,10,17H2,1H3. The number of nitrogens with one attached hydrogen (secondary N) is 1. The molecule has 94 valence electrons. The quantitative estimate of drug-likeness (QED) is 0.807. The Morgan fingerprint density at radius 3 is 2.39 bits per heavy atom. The molecule has 0 bridgehead atoms. The van der Waals surface area contributed by atoms with Gasteiger partial charge in [-0.25, -0.2) is 4.39 Å². The Labute approximate surface area is 107 Å². The van der Waals surface area contributed by atoms with Crippen LogP contribution in [-0.2, 0) is 13.0 Å². The summed E-state index contributed by atoms with van der Waals surface area (Å²) in [5, 5.41) is 3.14. The van der Waals surface area contributed by atoms with Gasteiger partial charge in [-0.15, -0.1) is 0 Å². The molecule has 18 heavy (non-hydrogen) atoms. The molecule has 0 radical (unpaired) electrons. The zero-order chi connectivity index (χ0) is 13.0. The first-order valence-electron chi connectivity index (χ1n) is 6.05. The number of nitrogen functional groups attached to an aromatic ring is 1. The number of nitrogens with two attached hydrogens (primary N) is 1. The summed E-state index contributed by atoms with van der Waals surface area (Å²) in [6.07, 6.45) is 1.03. The predicted octanol–water partition coefficient (Wildman–Crippen LogP) is 3.58. The van der Waals surface area contributed by atoms with Crippen molar-refractivity contribution in [1.82, 2.24) is 0 Å². The molecule has 0 aliphatic heterocycles. The van der Waals surface area contributed by atoms with Crippen LogP contribution in [0.4, 0.5) is 15.8 Å². The van der Waals surface area contributed by atoms with Crippen molar-refractivity contribution in [2.24, 2.45) is 0 Å². The van der Waals surface area contributed by atoms with Crippen LogP contribution in [0, 0.1) is 5.82 Å². The van der Waals surface area contributed by atoms with Crippen molar-refractivity contribution >= 4 is 11.4 Å². The van der Waals surface area contributed by atoms with Crippen LogP contribution < -0.4 is 11.1 Å². The topological polar surface area (TPSA) is 38.0 Å². The molecule has 2 aromatic carbocycles. The molecule has 0 amide bonds. The third-order valence-electron chi connectivity index (χ3n) is 2.93. The van der Waals surface area contributed by atoms with Crippen LogP contribution in [0.2, 0.25) is 0 Å². The van der Waals surface area contributed by atoms with Crippen molar-refractivity contribution < 1.29 is 4.39 Å². The number of hydrogen-bond acceptors (Lipinski definition) is 2. The molecule has 0 spiro atoms. The van der Waals surface area contributed by atoms with E-state index in [4.69, 9.17) is 5.73 Å². The van der Waals surface area contributed by atoms with Gasteiger partial charge in [0, 0.05) is 6.54 Å². The number of anilines is 2. The van der Waals surface area contributed by atoms with Crippen molar-refractivity contribution in [1.29, 1.82) is 0 Å². The largest absolute Gasteiger partial charge is 0.397 e. The first-order valence-corrected chi connectivity index (χ1v) is 6.05. The highest BCUT2D eigenvalue weighted by atomic mass is 19.1. The fraction of sp³-hybridized carbons (Fsp3) is 0.200. The second-order valence-electron chi connectivity index (χ2n) is 4.26. The van der Waals surface area contributed by atoms with Gasteiger partial charge in [-0.05, 0) is 35.7 Å². The average Bonchev–Trinajstić information content (AvgIpc) is 2.40. The van der Waals surface area contributed by atoms with Crippen LogP contribution in [0.3, 0.4) is 0 Å². The molecule has 2 aromatic rings. The third-order valence-corrected chi connectivity index (χ3v) is 2.93. The molecular weight excluding hydrogens is 227 g/mol. The van der Waals surface area contributed by atoms with E-state index in [0.717, 1.165) is 12.0 Å². The highest BCUT2D eigenvalue weighted by Gasteiger charge is 2.01. The first kappa shape index (κ1) is 12.4. The van der Waals surface area contributed by atoms with Crippen LogP contribution >= 0.6 is 0 Å².